The van der Waals surface area contributed by atoms with Gasteiger partial charge in [0.25, 0.3) is 0 Å². The van der Waals surface area contributed by atoms with Crippen LogP contribution in [0.4, 0.5) is 4.39 Å². The molecule has 18 heavy (non-hydrogen) atoms. The molecule has 0 unspecified atom stereocenters. The highest BCUT2D eigenvalue weighted by Crippen LogP contribution is 2.17. The molecule has 0 atom stereocenters. The van der Waals surface area contributed by atoms with E-state index in [1.165, 1.54) is 12.1 Å². The van der Waals surface area contributed by atoms with E-state index in [9.17, 15) is 9.18 Å². The summed E-state index contributed by atoms with van der Waals surface area (Å²) in [6.07, 6.45) is 0.566. The zero-order valence-corrected chi connectivity index (χ0v) is 9.47. The largest absolute Gasteiger partial charge is 0.508 e. The number of carbonyl (C=O) groups excluding carboxylic acids is 1. The number of hydrogen-bond acceptors (Lipinski definition) is 3. The van der Waals surface area contributed by atoms with Gasteiger partial charge in [-0.2, -0.15) is 0 Å². The first kappa shape index (κ1) is 12.1. The molecule has 3 nitrogen and oxygen atoms in total. The topological polar surface area (TPSA) is 46.5 Å². The van der Waals surface area contributed by atoms with Crippen LogP contribution in [0.2, 0.25) is 0 Å². The average Bonchev–Trinajstić information content (AvgIpc) is 2.37. The number of phenols is 1. The van der Waals surface area contributed by atoms with Crippen LogP contribution in [0.3, 0.4) is 0 Å². The average molecular weight is 246 g/mol. The summed E-state index contributed by atoms with van der Waals surface area (Å²) in [7, 11) is 0. The van der Waals surface area contributed by atoms with Crippen molar-refractivity contribution in [2.24, 2.45) is 0 Å². The second-order valence-electron chi connectivity index (χ2n) is 3.79. The summed E-state index contributed by atoms with van der Waals surface area (Å²) in [6.45, 7) is 0.238. The van der Waals surface area contributed by atoms with Gasteiger partial charge in [0.2, 0.25) is 0 Å². The summed E-state index contributed by atoms with van der Waals surface area (Å²) in [5.41, 5.74) is 1.07. The van der Waals surface area contributed by atoms with Crippen LogP contribution >= 0.6 is 0 Å². The van der Waals surface area contributed by atoms with Crippen LogP contribution in [0.5, 0.6) is 11.5 Å². The second kappa shape index (κ2) is 5.31. The summed E-state index contributed by atoms with van der Waals surface area (Å²) in [4.78, 5) is 10.6. The zero-order valence-electron chi connectivity index (χ0n) is 9.47. The number of ether oxygens (including phenoxy) is 1. The van der Waals surface area contributed by atoms with E-state index in [0.29, 0.717) is 12.0 Å². The van der Waals surface area contributed by atoms with Crippen LogP contribution in [-0.2, 0) is 6.61 Å². The van der Waals surface area contributed by atoms with Crippen LogP contribution in [0, 0.1) is 5.82 Å². The van der Waals surface area contributed by atoms with Gasteiger partial charge >= 0.3 is 0 Å². The Morgan fingerprint density at radius 1 is 1.17 bits per heavy atom. The third kappa shape index (κ3) is 3.07. The van der Waals surface area contributed by atoms with Crippen molar-refractivity contribution in [3.05, 3.63) is 59.4 Å². The lowest BCUT2D eigenvalue weighted by Gasteiger charge is -2.07. The minimum absolute atomic E-state index is 0.174. The first-order chi connectivity index (χ1) is 8.67. The summed E-state index contributed by atoms with van der Waals surface area (Å²) >= 11 is 0. The molecule has 92 valence electrons. The van der Waals surface area contributed by atoms with Crippen molar-refractivity contribution in [1.29, 1.82) is 0 Å². The number of phenolic OH excluding ortho intramolecular Hbond substituents is 1. The molecule has 4 heteroatoms. The highest BCUT2D eigenvalue weighted by molar-refractivity contribution is 5.75. The van der Waals surface area contributed by atoms with E-state index in [4.69, 9.17) is 9.84 Å². The van der Waals surface area contributed by atoms with Gasteiger partial charge in [-0.1, -0.05) is 12.1 Å². The standard InChI is InChI=1S/C14H11FO3/c15-12-5-11(8-16)6-14(7-12)18-9-10-1-3-13(17)4-2-10/h1-8,17H,9H2. The molecule has 1 N–H and O–H groups in total. The Morgan fingerprint density at radius 3 is 2.56 bits per heavy atom. The van der Waals surface area contributed by atoms with Crippen LogP contribution in [0.1, 0.15) is 15.9 Å². The Kier molecular flexibility index (Phi) is 3.57. The molecule has 0 spiro atoms. The predicted molar refractivity (Wildman–Crippen MR) is 64.2 cm³/mol. The monoisotopic (exact) mass is 246 g/mol. The molecule has 0 amide bonds. The molecule has 2 aromatic rings. The van der Waals surface area contributed by atoms with Gasteiger partial charge < -0.3 is 9.84 Å². The number of carbonyl (C=O) groups is 1. The summed E-state index contributed by atoms with van der Waals surface area (Å²) < 4.78 is 18.5. The molecule has 0 aliphatic rings. The van der Waals surface area contributed by atoms with Crippen molar-refractivity contribution >= 4 is 6.29 Å². The van der Waals surface area contributed by atoms with Crippen LogP contribution in [0.15, 0.2) is 42.5 Å². The second-order valence-corrected chi connectivity index (χ2v) is 3.79. The molecule has 2 aromatic carbocycles. The van der Waals surface area contributed by atoms with Crippen LogP contribution in [-0.4, -0.2) is 11.4 Å². The Hall–Kier alpha value is -2.36. The molecular weight excluding hydrogens is 235 g/mol. The number of halogens is 1. The van der Waals surface area contributed by atoms with Gasteiger partial charge in [0.05, 0.1) is 0 Å². The van der Waals surface area contributed by atoms with Crippen molar-refractivity contribution in [2.45, 2.75) is 6.61 Å². The van der Waals surface area contributed by atoms with Gasteiger partial charge in [0.15, 0.2) is 0 Å². The molecule has 0 heterocycles. The molecule has 0 saturated carbocycles. The van der Waals surface area contributed by atoms with Gasteiger partial charge in [0, 0.05) is 11.6 Å². The fourth-order valence-corrected chi connectivity index (χ4v) is 1.49. The molecule has 0 aliphatic carbocycles. The van der Waals surface area contributed by atoms with Crippen molar-refractivity contribution in [3.63, 3.8) is 0 Å². The lowest BCUT2D eigenvalue weighted by molar-refractivity contribution is 0.112. The maximum Gasteiger partial charge on any atom is 0.150 e. The highest BCUT2D eigenvalue weighted by Gasteiger charge is 2.02. The summed E-state index contributed by atoms with van der Waals surface area (Å²) in [6, 6.07) is 10.3. The van der Waals surface area contributed by atoms with Gasteiger partial charge in [-0.05, 0) is 29.8 Å². The number of benzene rings is 2. The van der Waals surface area contributed by atoms with E-state index >= 15 is 0 Å². The fourth-order valence-electron chi connectivity index (χ4n) is 1.49. The van der Waals surface area contributed by atoms with Crippen molar-refractivity contribution in [1.82, 2.24) is 0 Å². The van der Waals surface area contributed by atoms with E-state index in [1.54, 1.807) is 24.3 Å². The minimum atomic E-state index is -0.514. The number of rotatable bonds is 4. The van der Waals surface area contributed by atoms with Crippen LogP contribution in [0.25, 0.3) is 0 Å². The van der Waals surface area contributed by atoms with E-state index in [0.717, 1.165) is 11.6 Å². The molecule has 0 aliphatic heterocycles. The van der Waals surface area contributed by atoms with Gasteiger partial charge in [0.1, 0.15) is 30.2 Å². The Labute approximate surface area is 103 Å². The third-order valence-corrected chi connectivity index (χ3v) is 2.37. The van der Waals surface area contributed by atoms with E-state index in [-0.39, 0.29) is 17.9 Å². The van der Waals surface area contributed by atoms with E-state index in [1.807, 2.05) is 0 Å². The molecule has 0 aromatic heterocycles. The van der Waals surface area contributed by atoms with Gasteiger partial charge in [-0.25, -0.2) is 4.39 Å². The van der Waals surface area contributed by atoms with Crippen molar-refractivity contribution in [3.8, 4) is 11.5 Å². The lowest BCUT2D eigenvalue weighted by Crippen LogP contribution is -1.96. The summed E-state index contributed by atoms with van der Waals surface area (Å²) in [5.74, 6) is -0.0433. The molecule has 0 radical (unpaired) electrons. The SMILES string of the molecule is O=Cc1cc(F)cc(OCc2ccc(O)cc2)c1. The lowest BCUT2D eigenvalue weighted by atomic mass is 10.2. The predicted octanol–water partition coefficient (Wildman–Crippen LogP) is 2.92. The fraction of sp³-hybridized carbons (Fsp3) is 0.0714. The molecule has 0 fully saturated rings. The first-order valence-electron chi connectivity index (χ1n) is 5.34. The smallest absolute Gasteiger partial charge is 0.150 e. The summed E-state index contributed by atoms with van der Waals surface area (Å²) in [5, 5.41) is 9.12. The zero-order chi connectivity index (χ0) is 13.0. The minimum Gasteiger partial charge on any atom is -0.508 e. The van der Waals surface area contributed by atoms with Crippen molar-refractivity contribution in [2.75, 3.05) is 0 Å². The maximum atomic E-state index is 13.1. The van der Waals surface area contributed by atoms with E-state index < -0.39 is 5.82 Å². The first-order valence-corrected chi connectivity index (χ1v) is 5.34. The normalized spacial score (nSPS) is 10.1. The number of hydrogen-bond donors (Lipinski definition) is 1. The Balaban J connectivity index is 2.08. The Morgan fingerprint density at radius 2 is 1.89 bits per heavy atom. The third-order valence-electron chi connectivity index (χ3n) is 2.37. The van der Waals surface area contributed by atoms with Crippen LogP contribution < -0.4 is 4.74 Å². The quantitative estimate of drug-likeness (QED) is 0.844. The molecular formula is C14H11FO3. The van der Waals surface area contributed by atoms with Gasteiger partial charge in [-0.3, -0.25) is 4.79 Å². The molecule has 0 saturated heterocycles. The van der Waals surface area contributed by atoms with E-state index in [2.05, 4.69) is 0 Å². The number of aldehydes is 1. The molecule has 2 rings (SSSR count). The van der Waals surface area contributed by atoms with Crippen molar-refractivity contribution < 1.29 is 19.0 Å². The van der Waals surface area contributed by atoms with Gasteiger partial charge in [-0.15, -0.1) is 0 Å². The maximum absolute atomic E-state index is 13.1. The highest BCUT2D eigenvalue weighted by atomic mass is 19.1. The Bertz CT molecular complexity index is 549. The number of aromatic hydroxyl groups is 1. The molecule has 0 bridgehead atoms.